The smallest absolute Gasteiger partial charge is 0.336 e. The first-order chi connectivity index (χ1) is 14.1. The first-order valence-corrected chi connectivity index (χ1v) is 10.2. The molecular formula is C18H17F2N5O4S. The molecule has 3 aliphatic rings. The number of alkyl halides is 1. The molecule has 2 aliphatic heterocycles. The van der Waals surface area contributed by atoms with Gasteiger partial charge in [0.2, 0.25) is 5.91 Å². The summed E-state index contributed by atoms with van der Waals surface area (Å²) >= 11 is 0. The standard InChI is InChI=1S/C18H17F2N5O4S/c1-9-5-11(6-21)22-7-12(9)10(2)23-15(26)8-25-18(27)24-14-4-3-13(19)16(20)17(14)30(25,28)29/h3-5,7,10-11,13H,8H2,1-2H3,(H,23,26)(H,24,27)/t10-,11?,13?/m0/s1. The van der Waals surface area contributed by atoms with Gasteiger partial charge in [-0.05, 0) is 19.4 Å². The van der Waals surface area contributed by atoms with Crippen LogP contribution in [0.5, 0.6) is 0 Å². The molecule has 3 amide bonds. The minimum Gasteiger partial charge on any atom is -0.348 e. The van der Waals surface area contributed by atoms with Gasteiger partial charge in [-0.25, -0.2) is 26.3 Å². The molecule has 0 aromatic heterocycles. The van der Waals surface area contributed by atoms with E-state index in [9.17, 15) is 26.8 Å². The van der Waals surface area contributed by atoms with Gasteiger partial charge in [0.25, 0.3) is 10.0 Å². The van der Waals surface area contributed by atoms with Gasteiger partial charge in [-0.3, -0.25) is 9.79 Å². The number of rotatable bonds is 4. The van der Waals surface area contributed by atoms with E-state index in [2.05, 4.69) is 15.6 Å². The molecule has 1 aliphatic carbocycles. The summed E-state index contributed by atoms with van der Waals surface area (Å²) in [5.74, 6) is -2.40. The molecule has 30 heavy (non-hydrogen) atoms. The lowest BCUT2D eigenvalue weighted by molar-refractivity contribution is -0.121. The number of dihydropyridines is 1. The predicted octanol–water partition coefficient (Wildman–Crippen LogP) is 0.964. The number of urea groups is 1. The van der Waals surface area contributed by atoms with Crippen molar-refractivity contribution >= 4 is 28.2 Å². The molecule has 3 rings (SSSR count). The number of nitriles is 1. The van der Waals surface area contributed by atoms with Crippen LogP contribution in [-0.4, -0.2) is 55.7 Å². The van der Waals surface area contributed by atoms with Crippen LogP contribution in [0.15, 0.2) is 38.6 Å². The molecule has 1 saturated heterocycles. The lowest BCUT2D eigenvalue weighted by atomic mass is 9.96. The van der Waals surface area contributed by atoms with E-state index in [0.717, 1.165) is 12.5 Å². The van der Waals surface area contributed by atoms with Gasteiger partial charge in [-0.15, -0.1) is 0 Å². The van der Waals surface area contributed by atoms with Crippen LogP contribution in [0.4, 0.5) is 13.6 Å². The highest BCUT2D eigenvalue weighted by Gasteiger charge is 2.45. The lowest BCUT2D eigenvalue weighted by Crippen LogP contribution is -2.54. The van der Waals surface area contributed by atoms with Gasteiger partial charge < -0.3 is 10.6 Å². The summed E-state index contributed by atoms with van der Waals surface area (Å²) in [6.45, 7) is 2.41. The highest BCUT2D eigenvalue weighted by Crippen LogP contribution is 2.35. The Bertz CT molecular complexity index is 1070. The highest BCUT2D eigenvalue weighted by atomic mass is 32.2. The maximum absolute atomic E-state index is 14.1. The van der Waals surface area contributed by atoms with Gasteiger partial charge in [0, 0.05) is 19.1 Å². The third kappa shape index (κ3) is 3.85. The molecule has 0 aromatic carbocycles. The van der Waals surface area contributed by atoms with Gasteiger partial charge in [-0.2, -0.15) is 5.26 Å². The zero-order chi connectivity index (χ0) is 22.2. The summed E-state index contributed by atoms with van der Waals surface area (Å²) in [7, 11) is -4.78. The summed E-state index contributed by atoms with van der Waals surface area (Å²) in [6, 6.07) is -0.431. The SMILES string of the molecule is CC1=C([C@H](C)NC(=O)CN2C(=O)NC3=C[CH]C(F)C(F)=C3S2(=O)=O)C=NC(C#N)[CH]1. The number of allylic oxidation sites excluding steroid dienone is 2. The van der Waals surface area contributed by atoms with Gasteiger partial charge in [0.15, 0.2) is 12.0 Å². The Balaban J connectivity index is 1.76. The van der Waals surface area contributed by atoms with Crippen LogP contribution in [-0.2, 0) is 14.8 Å². The molecule has 158 valence electrons. The number of fused-ring (bicyclic) bond motifs is 1. The summed E-state index contributed by atoms with van der Waals surface area (Å²) in [6.07, 6.45) is 2.51. The minimum absolute atomic E-state index is 0.146. The van der Waals surface area contributed by atoms with E-state index in [0.29, 0.717) is 11.1 Å². The van der Waals surface area contributed by atoms with Crippen LogP contribution in [0.3, 0.4) is 0 Å². The van der Waals surface area contributed by atoms with Crippen molar-refractivity contribution in [3.63, 3.8) is 0 Å². The van der Waals surface area contributed by atoms with E-state index in [-0.39, 0.29) is 4.31 Å². The van der Waals surface area contributed by atoms with Crippen molar-refractivity contribution in [2.45, 2.75) is 32.1 Å². The van der Waals surface area contributed by atoms with Gasteiger partial charge in [0.1, 0.15) is 17.5 Å². The van der Waals surface area contributed by atoms with E-state index in [1.807, 2.05) is 6.07 Å². The van der Waals surface area contributed by atoms with Crippen LogP contribution < -0.4 is 10.6 Å². The number of hydrogen-bond donors (Lipinski definition) is 2. The fourth-order valence-corrected chi connectivity index (χ4v) is 4.69. The summed E-state index contributed by atoms with van der Waals surface area (Å²) in [5, 5.41) is 13.6. The Morgan fingerprint density at radius 2 is 2.20 bits per heavy atom. The monoisotopic (exact) mass is 437 g/mol. The van der Waals surface area contributed by atoms with Crippen molar-refractivity contribution in [3.05, 3.63) is 46.5 Å². The molecule has 2 radical (unpaired) electrons. The minimum atomic E-state index is -4.78. The van der Waals surface area contributed by atoms with E-state index in [1.54, 1.807) is 20.3 Å². The molecule has 12 heteroatoms. The number of nitrogens with one attached hydrogen (secondary N) is 2. The average Bonchev–Trinajstić information content (AvgIpc) is 2.67. The number of carbonyl (C=O) groups is 2. The van der Waals surface area contributed by atoms with Crippen LogP contribution in [0.25, 0.3) is 0 Å². The molecule has 2 heterocycles. The van der Waals surface area contributed by atoms with Crippen LogP contribution in [0, 0.1) is 24.2 Å². The predicted molar refractivity (Wildman–Crippen MR) is 102 cm³/mol. The molecule has 9 nitrogen and oxygen atoms in total. The molecule has 2 N–H and O–H groups in total. The van der Waals surface area contributed by atoms with E-state index in [4.69, 9.17) is 5.26 Å². The largest absolute Gasteiger partial charge is 0.348 e. The fraction of sp³-hybridized carbons (Fsp3) is 0.333. The second kappa shape index (κ2) is 7.98. The number of amides is 3. The lowest BCUT2D eigenvalue weighted by Gasteiger charge is -2.32. The van der Waals surface area contributed by atoms with Crippen molar-refractivity contribution in [2.24, 2.45) is 4.99 Å². The third-order valence-corrected chi connectivity index (χ3v) is 6.46. The van der Waals surface area contributed by atoms with Crippen molar-refractivity contribution in [1.29, 1.82) is 5.26 Å². The Morgan fingerprint density at radius 3 is 2.83 bits per heavy atom. The zero-order valence-corrected chi connectivity index (χ0v) is 16.7. The van der Waals surface area contributed by atoms with E-state index in [1.165, 1.54) is 6.21 Å². The van der Waals surface area contributed by atoms with Crippen LogP contribution >= 0.6 is 0 Å². The molecule has 3 atom stereocenters. The summed E-state index contributed by atoms with van der Waals surface area (Å²) < 4.78 is 53.2. The van der Waals surface area contributed by atoms with Crippen LogP contribution in [0.2, 0.25) is 0 Å². The Kier molecular flexibility index (Phi) is 5.76. The Morgan fingerprint density at radius 1 is 1.50 bits per heavy atom. The number of halogens is 2. The summed E-state index contributed by atoms with van der Waals surface area (Å²) in [4.78, 5) is 27.6. The van der Waals surface area contributed by atoms with Crippen molar-refractivity contribution in [1.82, 2.24) is 14.9 Å². The third-order valence-electron chi connectivity index (χ3n) is 4.65. The van der Waals surface area contributed by atoms with Crippen molar-refractivity contribution in [2.75, 3.05) is 6.54 Å². The topological polar surface area (TPSA) is 132 Å². The van der Waals surface area contributed by atoms with Crippen molar-refractivity contribution < 1.29 is 26.8 Å². The van der Waals surface area contributed by atoms with E-state index >= 15 is 0 Å². The van der Waals surface area contributed by atoms with Gasteiger partial charge >= 0.3 is 6.03 Å². The Hall–Kier alpha value is -3.07. The summed E-state index contributed by atoms with van der Waals surface area (Å²) in [5.41, 5.74) is 0.920. The van der Waals surface area contributed by atoms with E-state index < -0.39 is 63.2 Å². The number of carbonyl (C=O) groups excluding carboxylic acids is 2. The van der Waals surface area contributed by atoms with Crippen LogP contribution in [0.1, 0.15) is 13.8 Å². The van der Waals surface area contributed by atoms with Gasteiger partial charge in [0.05, 0.1) is 17.8 Å². The van der Waals surface area contributed by atoms with Crippen molar-refractivity contribution in [3.8, 4) is 6.07 Å². The molecule has 0 aromatic rings. The second-order valence-corrected chi connectivity index (χ2v) is 8.54. The maximum Gasteiger partial charge on any atom is 0.336 e. The first-order valence-electron chi connectivity index (χ1n) is 8.77. The number of hydrogen-bond acceptors (Lipinski definition) is 6. The average molecular weight is 437 g/mol. The number of aliphatic imine (C=N–C) groups is 1. The maximum atomic E-state index is 14.1. The Labute approximate surface area is 171 Å². The highest BCUT2D eigenvalue weighted by molar-refractivity contribution is 7.94. The zero-order valence-electron chi connectivity index (χ0n) is 15.9. The molecule has 2 unspecified atom stereocenters. The molecule has 0 saturated carbocycles. The second-order valence-electron chi connectivity index (χ2n) is 6.74. The molecule has 0 bridgehead atoms. The fourth-order valence-electron chi connectivity index (χ4n) is 3.17. The van der Waals surface area contributed by atoms with Gasteiger partial charge in [-0.1, -0.05) is 11.6 Å². The molecule has 1 fully saturated rings. The number of sulfonamides is 1. The molecular weight excluding hydrogens is 420 g/mol. The molecule has 0 spiro atoms. The number of nitrogens with zero attached hydrogens (tertiary/aromatic N) is 3. The normalized spacial score (nSPS) is 26.4. The quantitative estimate of drug-likeness (QED) is 0.676. The first kappa shape index (κ1) is 21.6.